The first-order chi connectivity index (χ1) is 6.24. The van der Waals surface area contributed by atoms with Gasteiger partial charge < -0.3 is 10.2 Å². The molecule has 0 radical (unpaired) electrons. The number of nitrogens with zero attached hydrogens (tertiary/aromatic N) is 1. The molecule has 0 amide bonds. The third-order valence-electron chi connectivity index (χ3n) is 3.03. The first-order valence-corrected chi connectivity index (χ1v) is 5.68. The Hall–Kier alpha value is -0.0800. The van der Waals surface area contributed by atoms with Crippen LogP contribution in [0.1, 0.15) is 33.6 Å². The van der Waals surface area contributed by atoms with E-state index in [9.17, 15) is 0 Å². The topological polar surface area (TPSA) is 15.3 Å². The minimum atomic E-state index is 0.701. The summed E-state index contributed by atoms with van der Waals surface area (Å²) in [5, 5.41) is 3.48. The van der Waals surface area contributed by atoms with Gasteiger partial charge in [0.25, 0.3) is 0 Å². The maximum absolute atomic E-state index is 3.48. The molecule has 2 nitrogen and oxygen atoms in total. The van der Waals surface area contributed by atoms with Gasteiger partial charge in [0.15, 0.2) is 0 Å². The zero-order chi connectivity index (χ0) is 9.68. The summed E-state index contributed by atoms with van der Waals surface area (Å²) in [6.07, 6.45) is 2.77. The van der Waals surface area contributed by atoms with Crippen LogP contribution in [0.2, 0.25) is 0 Å². The third-order valence-corrected chi connectivity index (χ3v) is 3.03. The number of hydrogen-bond donors (Lipinski definition) is 1. The van der Waals surface area contributed by atoms with Crippen LogP contribution in [0.5, 0.6) is 0 Å². The van der Waals surface area contributed by atoms with E-state index in [1.54, 1.807) is 0 Å². The van der Waals surface area contributed by atoms with E-state index < -0.39 is 0 Å². The van der Waals surface area contributed by atoms with Gasteiger partial charge in [-0.1, -0.05) is 6.92 Å². The minimum absolute atomic E-state index is 0.701. The van der Waals surface area contributed by atoms with Crippen molar-refractivity contribution in [1.82, 2.24) is 10.2 Å². The van der Waals surface area contributed by atoms with Gasteiger partial charge in [0.1, 0.15) is 0 Å². The third kappa shape index (κ3) is 3.65. The number of hydrogen-bond acceptors (Lipinski definition) is 2. The van der Waals surface area contributed by atoms with Gasteiger partial charge in [0.05, 0.1) is 0 Å². The Bertz CT molecular complexity index is 128. The van der Waals surface area contributed by atoms with E-state index in [1.807, 2.05) is 0 Å². The standard InChI is InChI=1S/C11H24N2/c1-4-13(10(2)3)9-11-6-5-7-12-8-11/h10-12H,4-9H2,1-3H3. The predicted molar refractivity (Wildman–Crippen MR) is 58.0 cm³/mol. The lowest BCUT2D eigenvalue weighted by atomic mass is 9.98. The first kappa shape index (κ1) is 11.0. The molecule has 78 valence electrons. The molecule has 1 aliphatic heterocycles. The number of rotatable bonds is 4. The summed E-state index contributed by atoms with van der Waals surface area (Å²) in [7, 11) is 0. The van der Waals surface area contributed by atoms with Gasteiger partial charge in [0, 0.05) is 12.6 Å². The fourth-order valence-electron chi connectivity index (χ4n) is 2.12. The quantitative estimate of drug-likeness (QED) is 0.715. The fourth-order valence-corrected chi connectivity index (χ4v) is 2.12. The van der Waals surface area contributed by atoms with E-state index in [2.05, 4.69) is 31.0 Å². The summed E-state index contributed by atoms with van der Waals surface area (Å²) < 4.78 is 0. The summed E-state index contributed by atoms with van der Waals surface area (Å²) in [6, 6.07) is 0.701. The molecule has 1 atom stereocenters. The fraction of sp³-hybridized carbons (Fsp3) is 1.00. The average molecular weight is 184 g/mol. The van der Waals surface area contributed by atoms with E-state index in [0.29, 0.717) is 6.04 Å². The SMILES string of the molecule is CCN(CC1CCCNC1)C(C)C. The van der Waals surface area contributed by atoms with Crippen LogP contribution >= 0.6 is 0 Å². The number of piperidine rings is 1. The van der Waals surface area contributed by atoms with Crippen LogP contribution < -0.4 is 5.32 Å². The van der Waals surface area contributed by atoms with Gasteiger partial charge in [-0.3, -0.25) is 0 Å². The van der Waals surface area contributed by atoms with E-state index in [4.69, 9.17) is 0 Å². The van der Waals surface area contributed by atoms with Crippen LogP contribution in [0.25, 0.3) is 0 Å². The van der Waals surface area contributed by atoms with Crippen molar-refractivity contribution in [3.05, 3.63) is 0 Å². The Balaban J connectivity index is 2.27. The molecule has 1 unspecified atom stereocenters. The lowest BCUT2D eigenvalue weighted by molar-refractivity contribution is 0.180. The lowest BCUT2D eigenvalue weighted by Gasteiger charge is -2.31. The summed E-state index contributed by atoms with van der Waals surface area (Å²) >= 11 is 0. The molecule has 1 heterocycles. The van der Waals surface area contributed by atoms with Crippen LogP contribution in [0.15, 0.2) is 0 Å². The molecule has 0 aliphatic carbocycles. The predicted octanol–water partition coefficient (Wildman–Crippen LogP) is 1.72. The van der Waals surface area contributed by atoms with Gasteiger partial charge >= 0.3 is 0 Å². The minimum Gasteiger partial charge on any atom is -0.316 e. The van der Waals surface area contributed by atoms with Crippen molar-refractivity contribution < 1.29 is 0 Å². The molecule has 1 rings (SSSR count). The monoisotopic (exact) mass is 184 g/mol. The molecule has 1 aliphatic rings. The summed E-state index contributed by atoms with van der Waals surface area (Å²) in [5.41, 5.74) is 0. The van der Waals surface area contributed by atoms with Crippen molar-refractivity contribution in [2.45, 2.75) is 39.7 Å². The van der Waals surface area contributed by atoms with Crippen molar-refractivity contribution in [1.29, 1.82) is 0 Å². The molecular weight excluding hydrogens is 160 g/mol. The van der Waals surface area contributed by atoms with Crippen molar-refractivity contribution in [3.63, 3.8) is 0 Å². The van der Waals surface area contributed by atoms with E-state index in [0.717, 1.165) is 5.92 Å². The molecule has 1 fully saturated rings. The second-order valence-corrected chi connectivity index (χ2v) is 4.39. The lowest BCUT2D eigenvalue weighted by Crippen LogP contribution is -2.41. The second kappa shape index (κ2) is 5.61. The molecule has 0 bridgehead atoms. The maximum Gasteiger partial charge on any atom is 0.00385 e. The molecule has 0 spiro atoms. The molecule has 0 aromatic heterocycles. The highest BCUT2D eigenvalue weighted by molar-refractivity contribution is 4.73. The summed E-state index contributed by atoms with van der Waals surface area (Å²) in [6.45, 7) is 11.8. The van der Waals surface area contributed by atoms with E-state index in [1.165, 1.54) is 39.0 Å². The van der Waals surface area contributed by atoms with Crippen molar-refractivity contribution >= 4 is 0 Å². The Morgan fingerprint density at radius 3 is 2.69 bits per heavy atom. The Morgan fingerprint density at radius 2 is 2.23 bits per heavy atom. The van der Waals surface area contributed by atoms with Gasteiger partial charge in [-0.25, -0.2) is 0 Å². The first-order valence-electron chi connectivity index (χ1n) is 5.68. The van der Waals surface area contributed by atoms with Crippen molar-refractivity contribution in [3.8, 4) is 0 Å². The molecule has 0 aromatic carbocycles. The molecule has 1 saturated heterocycles. The molecule has 0 saturated carbocycles. The second-order valence-electron chi connectivity index (χ2n) is 4.39. The van der Waals surface area contributed by atoms with Gasteiger partial charge in [-0.05, 0) is 52.2 Å². The molecule has 1 N–H and O–H groups in total. The van der Waals surface area contributed by atoms with Gasteiger partial charge in [-0.2, -0.15) is 0 Å². The highest BCUT2D eigenvalue weighted by Gasteiger charge is 2.17. The highest BCUT2D eigenvalue weighted by atomic mass is 15.1. The molecule has 0 aromatic rings. The zero-order valence-corrected chi connectivity index (χ0v) is 9.34. The van der Waals surface area contributed by atoms with Crippen LogP contribution in [0, 0.1) is 5.92 Å². The Labute approximate surface area is 82.7 Å². The average Bonchev–Trinajstić information content (AvgIpc) is 2.15. The molecule has 2 heteroatoms. The van der Waals surface area contributed by atoms with Crippen LogP contribution in [0.3, 0.4) is 0 Å². The molecular formula is C11H24N2. The zero-order valence-electron chi connectivity index (χ0n) is 9.34. The van der Waals surface area contributed by atoms with E-state index >= 15 is 0 Å². The van der Waals surface area contributed by atoms with Crippen LogP contribution in [0.4, 0.5) is 0 Å². The van der Waals surface area contributed by atoms with Crippen molar-refractivity contribution in [2.24, 2.45) is 5.92 Å². The van der Waals surface area contributed by atoms with Crippen LogP contribution in [-0.4, -0.2) is 37.1 Å². The normalized spacial score (nSPS) is 24.2. The maximum atomic E-state index is 3.48. The van der Waals surface area contributed by atoms with Crippen LogP contribution in [-0.2, 0) is 0 Å². The number of nitrogens with one attached hydrogen (secondary N) is 1. The molecule has 13 heavy (non-hydrogen) atoms. The Morgan fingerprint density at radius 1 is 1.46 bits per heavy atom. The Kier molecular flexibility index (Phi) is 4.74. The van der Waals surface area contributed by atoms with E-state index in [-0.39, 0.29) is 0 Å². The van der Waals surface area contributed by atoms with Crippen molar-refractivity contribution in [2.75, 3.05) is 26.2 Å². The largest absolute Gasteiger partial charge is 0.316 e. The highest BCUT2D eigenvalue weighted by Crippen LogP contribution is 2.12. The van der Waals surface area contributed by atoms with Gasteiger partial charge in [0.2, 0.25) is 0 Å². The summed E-state index contributed by atoms with van der Waals surface area (Å²) in [5.74, 6) is 0.885. The smallest absolute Gasteiger partial charge is 0.00385 e. The van der Waals surface area contributed by atoms with Gasteiger partial charge in [-0.15, -0.1) is 0 Å². The summed E-state index contributed by atoms with van der Waals surface area (Å²) in [4.78, 5) is 2.57.